The van der Waals surface area contributed by atoms with Crippen molar-refractivity contribution >= 4 is 17.1 Å². The Morgan fingerprint density at radius 2 is 2.28 bits per heavy atom. The van der Waals surface area contributed by atoms with Gasteiger partial charge in [-0.25, -0.2) is 9.59 Å². The number of oxazole rings is 1. The maximum absolute atomic E-state index is 11.3. The number of carboxylic acids is 1. The summed E-state index contributed by atoms with van der Waals surface area (Å²) >= 11 is 0. The lowest BCUT2D eigenvalue weighted by atomic mass is 10.1. The maximum atomic E-state index is 11.3. The summed E-state index contributed by atoms with van der Waals surface area (Å²) < 4.78 is 6.35. The van der Waals surface area contributed by atoms with Crippen molar-refractivity contribution in [1.29, 1.82) is 0 Å². The predicted molar refractivity (Wildman–Crippen MR) is 65.2 cm³/mol. The van der Waals surface area contributed by atoms with Crippen LogP contribution in [0.15, 0.2) is 39.6 Å². The molecule has 0 saturated heterocycles. The van der Waals surface area contributed by atoms with Crippen molar-refractivity contribution < 1.29 is 14.3 Å². The third-order valence-corrected chi connectivity index (χ3v) is 2.65. The first-order valence-corrected chi connectivity index (χ1v) is 5.25. The standard InChI is InChI=1S/C12H12N2O4/c1-14-9-6-7(8(13)3-5-11(15)16)2-4-10(9)18-12(14)17/h2-6,8H,13H2,1H3,(H,15,16)/b5-3+. The smallest absolute Gasteiger partial charge is 0.419 e. The highest BCUT2D eigenvalue weighted by Crippen LogP contribution is 2.18. The van der Waals surface area contributed by atoms with E-state index in [1.165, 1.54) is 10.6 Å². The van der Waals surface area contributed by atoms with Crippen LogP contribution in [0.25, 0.3) is 11.1 Å². The first-order chi connectivity index (χ1) is 8.49. The molecule has 3 N–H and O–H groups in total. The second-order valence-corrected chi connectivity index (χ2v) is 3.88. The van der Waals surface area contributed by atoms with Gasteiger partial charge in [0.1, 0.15) is 0 Å². The van der Waals surface area contributed by atoms with Crippen LogP contribution in [-0.2, 0) is 11.8 Å². The van der Waals surface area contributed by atoms with E-state index in [1.807, 2.05) is 0 Å². The summed E-state index contributed by atoms with van der Waals surface area (Å²) in [4.78, 5) is 21.7. The second kappa shape index (κ2) is 4.50. The van der Waals surface area contributed by atoms with E-state index in [1.54, 1.807) is 25.2 Å². The first kappa shape index (κ1) is 12.1. The number of benzene rings is 1. The molecule has 0 radical (unpaired) electrons. The lowest BCUT2D eigenvalue weighted by molar-refractivity contribution is -0.131. The maximum Gasteiger partial charge on any atom is 0.419 e. The molecule has 1 unspecified atom stereocenters. The molecule has 6 nitrogen and oxygen atoms in total. The van der Waals surface area contributed by atoms with Crippen molar-refractivity contribution in [3.63, 3.8) is 0 Å². The fourth-order valence-corrected chi connectivity index (χ4v) is 1.65. The van der Waals surface area contributed by atoms with Gasteiger partial charge >= 0.3 is 11.7 Å². The molecular formula is C12H12N2O4. The van der Waals surface area contributed by atoms with Crippen LogP contribution < -0.4 is 11.5 Å². The van der Waals surface area contributed by atoms with E-state index in [-0.39, 0.29) is 0 Å². The molecule has 6 heteroatoms. The van der Waals surface area contributed by atoms with Gasteiger partial charge in [-0.3, -0.25) is 4.57 Å². The fraction of sp³-hybridized carbons (Fsp3) is 0.167. The lowest BCUT2D eigenvalue weighted by Crippen LogP contribution is -2.10. The normalized spacial score (nSPS) is 13.2. The van der Waals surface area contributed by atoms with Crippen LogP contribution in [0.2, 0.25) is 0 Å². The Kier molecular flexibility index (Phi) is 3.03. The molecular weight excluding hydrogens is 236 g/mol. The highest BCUT2D eigenvalue weighted by Gasteiger charge is 2.09. The molecule has 1 heterocycles. The number of hydrogen-bond donors (Lipinski definition) is 2. The van der Waals surface area contributed by atoms with Crippen LogP contribution in [0.4, 0.5) is 0 Å². The molecule has 94 valence electrons. The van der Waals surface area contributed by atoms with E-state index in [9.17, 15) is 9.59 Å². The SMILES string of the molecule is Cn1c(=O)oc2ccc(C(N)/C=C/C(=O)O)cc21. The van der Waals surface area contributed by atoms with Gasteiger partial charge in [0.15, 0.2) is 5.58 Å². The Morgan fingerprint density at radius 1 is 1.56 bits per heavy atom. The van der Waals surface area contributed by atoms with Crippen LogP contribution in [0, 0.1) is 0 Å². The van der Waals surface area contributed by atoms with Gasteiger partial charge < -0.3 is 15.3 Å². The average molecular weight is 248 g/mol. The molecule has 0 spiro atoms. The number of rotatable bonds is 3. The highest BCUT2D eigenvalue weighted by atomic mass is 16.4. The van der Waals surface area contributed by atoms with Gasteiger partial charge in [0.2, 0.25) is 0 Å². The fourth-order valence-electron chi connectivity index (χ4n) is 1.65. The molecule has 1 atom stereocenters. The minimum absolute atomic E-state index is 0.447. The summed E-state index contributed by atoms with van der Waals surface area (Å²) in [5, 5.41) is 8.53. The monoisotopic (exact) mass is 248 g/mol. The zero-order valence-corrected chi connectivity index (χ0v) is 9.66. The van der Waals surface area contributed by atoms with Crippen molar-refractivity contribution in [2.45, 2.75) is 6.04 Å². The first-order valence-electron chi connectivity index (χ1n) is 5.25. The van der Waals surface area contributed by atoms with Crippen LogP contribution in [0.3, 0.4) is 0 Å². The molecule has 2 aromatic rings. The minimum Gasteiger partial charge on any atom is -0.478 e. The summed E-state index contributed by atoms with van der Waals surface area (Å²) in [6, 6.07) is 4.50. The molecule has 1 aromatic carbocycles. The van der Waals surface area contributed by atoms with Gasteiger partial charge in [-0.2, -0.15) is 0 Å². The highest BCUT2D eigenvalue weighted by molar-refractivity contribution is 5.80. The minimum atomic E-state index is -1.05. The molecule has 0 bridgehead atoms. The van der Waals surface area contributed by atoms with Crippen LogP contribution in [-0.4, -0.2) is 15.6 Å². The van der Waals surface area contributed by atoms with Crippen LogP contribution >= 0.6 is 0 Å². The van der Waals surface area contributed by atoms with Crippen molar-refractivity contribution in [3.8, 4) is 0 Å². The number of aromatic nitrogens is 1. The molecule has 0 amide bonds. The van der Waals surface area contributed by atoms with Crippen LogP contribution in [0.5, 0.6) is 0 Å². The number of carboxylic acid groups (broad SMARTS) is 1. The van der Waals surface area contributed by atoms with E-state index < -0.39 is 17.8 Å². The number of nitrogens with two attached hydrogens (primary N) is 1. The summed E-state index contributed by atoms with van der Waals surface area (Å²) in [7, 11) is 1.59. The zero-order chi connectivity index (χ0) is 13.3. The van der Waals surface area contributed by atoms with Gasteiger partial charge in [0.05, 0.1) is 5.52 Å². The van der Waals surface area contributed by atoms with Gasteiger partial charge in [0, 0.05) is 19.2 Å². The molecule has 1 aromatic heterocycles. The van der Waals surface area contributed by atoms with Crippen molar-refractivity contribution in [1.82, 2.24) is 4.57 Å². The number of carbonyl (C=O) groups is 1. The Balaban J connectivity index is 2.43. The topological polar surface area (TPSA) is 98.5 Å². The molecule has 0 aliphatic carbocycles. The van der Waals surface area contributed by atoms with Crippen molar-refractivity contribution in [3.05, 3.63) is 46.5 Å². The number of nitrogens with zero attached hydrogens (tertiary/aromatic N) is 1. The predicted octanol–water partition coefficient (Wildman–Crippen LogP) is 0.772. The van der Waals surface area contributed by atoms with Crippen LogP contribution in [0.1, 0.15) is 11.6 Å². The summed E-state index contributed by atoms with van der Waals surface area (Å²) in [6.07, 6.45) is 2.37. The molecule has 0 saturated carbocycles. The molecule has 0 aliphatic rings. The van der Waals surface area contributed by atoms with Crippen molar-refractivity contribution in [2.24, 2.45) is 12.8 Å². The Hall–Kier alpha value is -2.34. The van der Waals surface area contributed by atoms with Gasteiger partial charge in [0.25, 0.3) is 0 Å². The molecule has 18 heavy (non-hydrogen) atoms. The summed E-state index contributed by atoms with van der Waals surface area (Å²) in [5.41, 5.74) is 7.62. The molecule has 2 rings (SSSR count). The summed E-state index contributed by atoms with van der Waals surface area (Å²) in [5.74, 6) is -1.50. The number of aliphatic carboxylic acids is 1. The molecule has 0 fully saturated rings. The summed E-state index contributed by atoms with van der Waals surface area (Å²) in [6.45, 7) is 0. The van der Waals surface area contributed by atoms with Crippen molar-refractivity contribution in [2.75, 3.05) is 0 Å². The van der Waals surface area contributed by atoms with E-state index >= 15 is 0 Å². The average Bonchev–Trinajstić information content (AvgIpc) is 2.62. The number of fused-ring (bicyclic) bond motifs is 1. The Bertz CT molecular complexity index is 681. The van der Waals surface area contributed by atoms with E-state index in [0.29, 0.717) is 16.7 Å². The third kappa shape index (κ3) is 2.18. The van der Waals surface area contributed by atoms with E-state index in [0.717, 1.165) is 6.08 Å². The lowest BCUT2D eigenvalue weighted by Gasteiger charge is -2.06. The largest absolute Gasteiger partial charge is 0.478 e. The second-order valence-electron chi connectivity index (χ2n) is 3.88. The Morgan fingerprint density at radius 3 is 2.94 bits per heavy atom. The zero-order valence-electron chi connectivity index (χ0n) is 9.66. The Labute approximate surface area is 102 Å². The third-order valence-electron chi connectivity index (χ3n) is 2.65. The van der Waals surface area contributed by atoms with Gasteiger partial charge in [-0.1, -0.05) is 12.1 Å². The van der Waals surface area contributed by atoms with E-state index in [4.69, 9.17) is 15.3 Å². The number of hydrogen-bond acceptors (Lipinski definition) is 4. The van der Waals surface area contributed by atoms with Gasteiger partial charge in [-0.15, -0.1) is 0 Å². The molecule has 0 aliphatic heterocycles. The quantitative estimate of drug-likeness (QED) is 0.782. The van der Waals surface area contributed by atoms with Gasteiger partial charge in [-0.05, 0) is 17.7 Å². The number of aryl methyl sites for hydroxylation is 1. The van der Waals surface area contributed by atoms with E-state index in [2.05, 4.69) is 0 Å².